The Bertz CT molecular complexity index is 917. The fourth-order valence-corrected chi connectivity index (χ4v) is 3.60. The molecule has 2 aromatic carbocycles. The molecule has 1 N–H and O–H groups in total. The Balaban J connectivity index is 1.70. The SMILES string of the molecule is CN[C@H]1CCOc2cc3c(cc21)ncn3Cc1ccc(OC)c(C)c1. The topological polar surface area (TPSA) is 48.3 Å². The second-order valence-corrected chi connectivity index (χ2v) is 6.53. The van der Waals surface area contributed by atoms with E-state index in [0.29, 0.717) is 6.04 Å². The molecule has 5 nitrogen and oxygen atoms in total. The molecule has 3 aromatic rings. The second kappa shape index (κ2) is 6.41. The van der Waals surface area contributed by atoms with Crippen LogP contribution in [0.4, 0.5) is 0 Å². The average Bonchev–Trinajstić information content (AvgIpc) is 3.01. The molecule has 1 aliphatic heterocycles. The number of aryl methyl sites for hydroxylation is 1. The summed E-state index contributed by atoms with van der Waals surface area (Å²) in [5, 5.41) is 3.36. The quantitative estimate of drug-likeness (QED) is 0.792. The first-order valence-electron chi connectivity index (χ1n) is 8.62. The van der Waals surface area contributed by atoms with Gasteiger partial charge in [-0.2, -0.15) is 0 Å². The van der Waals surface area contributed by atoms with Crippen LogP contribution in [0, 0.1) is 6.92 Å². The highest BCUT2D eigenvalue weighted by Crippen LogP contribution is 2.35. The molecule has 25 heavy (non-hydrogen) atoms. The van der Waals surface area contributed by atoms with Gasteiger partial charge in [-0.25, -0.2) is 4.98 Å². The van der Waals surface area contributed by atoms with Crippen LogP contribution >= 0.6 is 0 Å². The third-order valence-corrected chi connectivity index (χ3v) is 4.95. The number of nitrogens with one attached hydrogen (secondary N) is 1. The molecule has 1 aliphatic rings. The zero-order chi connectivity index (χ0) is 17.4. The van der Waals surface area contributed by atoms with Crippen molar-refractivity contribution in [1.82, 2.24) is 14.9 Å². The van der Waals surface area contributed by atoms with Crippen LogP contribution in [0.2, 0.25) is 0 Å². The summed E-state index contributed by atoms with van der Waals surface area (Å²) in [7, 11) is 3.70. The molecular weight excluding hydrogens is 314 g/mol. The molecule has 0 radical (unpaired) electrons. The van der Waals surface area contributed by atoms with E-state index in [4.69, 9.17) is 9.47 Å². The van der Waals surface area contributed by atoms with Crippen molar-refractivity contribution in [2.24, 2.45) is 0 Å². The van der Waals surface area contributed by atoms with Gasteiger partial charge in [0.25, 0.3) is 0 Å². The minimum Gasteiger partial charge on any atom is -0.496 e. The van der Waals surface area contributed by atoms with E-state index in [9.17, 15) is 0 Å². The molecule has 0 bridgehead atoms. The highest BCUT2D eigenvalue weighted by atomic mass is 16.5. The summed E-state index contributed by atoms with van der Waals surface area (Å²) in [6.45, 7) is 3.59. The molecule has 4 rings (SSSR count). The Morgan fingerprint density at radius 2 is 2.20 bits per heavy atom. The predicted octanol–water partition coefficient (Wildman–Crippen LogP) is 3.44. The molecule has 5 heteroatoms. The van der Waals surface area contributed by atoms with Crippen molar-refractivity contribution in [3.05, 3.63) is 53.3 Å². The van der Waals surface area contributed by atoms with E-state index in [1.807, 2.05) is 19.4 Å². The number of methoxy groups -OCH3 is 1. The van der Waals surface area contributed by atoms with Crippen LogP contribution in [0.25, 0.3) is 11.0 Å². The number of fused-ring (bicyclic) bond motifs is 2. The van der Waals surface area contributed by atoms with Gasteiger partial charge in [0.15, 0.2) is 0 Å². The summed E-state index contributed by atoms with van der Waals surface area (Å²) in [5.74, 6) is 1.88. The number of aromatic nitrogens is 2. The Morgan fingerprint density at radius 3 is 2.96 bits per heavy atom. The van der Waals surface area contributed by atoms with Gasteiger partial charge in [0, 0.05) is 30.6 Å². The molecule has 2 heterocycles. The minimum absolute atomic E-state index is 0.336. The maximum Gasteiger partial charge on any atom is 0.126 e. The number of hydrogen-bond donors (Lipinski definition) is 1. The summed E-state index contributed by atoms with van der Waals surface area (Å²) in [5.41, 5.74) is 5.68. The zero-order valence-electron chi connectivity index (χ0n) is 14.9. The minimum atomic E-state index is 0.336. The standard InChI is InChI=1S/C20H23N3O2/c1-13-8-14(4-5-19(13)24-3)11-23-12-22-17-9-15-16(21-2)6-7-25-20(15)10-18(17)23/h4-5,8-10,12,16,21H,6-7,11H2,1-3H3/t16-/m0/s1. The van der Waals surface area contributed by atoms with E-state index in [1.54, 1.807) is 7.11 Å². The molecule has 1 aromatic heterocycles. The molecule has 0 fully saturated rings. The van der Waals surface area contributed by atoms with Crippen LogP contribution < -0.4 is 14.8 Å². The van der Waals surface area contributed by atoms with Crippen LogP contribution in [0.1, 0.15) is 29.2 Å². The first kappa shape index (κ1) is 16.0. The van der Waals surface area contributed by atoms with E-state index in [1.165, 1.54) is 11.1 Å². The largest absolute Gasteiger partial charge is 0.496 e. The van der Waals surface area contributed by atoms with Crippen LogP contribution in [0.5, 0.6) is 11.5 Å². The van der Waals surface area contributed by atoms with Gasteiger partial charge in [-0.15, -0.1) is 0 Å². The summed E-state index contributed by atoms with van der Waals surface area (Å²) < 4.78 is 13.4. The lowest BCUT2D eigenvalue weighted by Gasteiger charge is -2.25. The molecular formula is C20H23N3O2. The Morgan fingerprint density at radius 1 is 1.32 bits per heavy atom. The van der Waals surface area contributed by atoms with E-state index < -0.39 is 0 Å². The third kappa shape index (κ3) is 2.85. The van der Waals surface area contributed by atoms with Crippen molar-refractivity contribution in [3.8, 4) is 11.5 Å². The number of ether oxygens (including phenoxy) is 2. The molecule has 1 atom stereocenters. The lowest BCUT2D eigenvalue weighted by molar-refractivity contribution is 0.258. The van der Waals surface area contributed by atoms with E-state index in [2.05, 4.69) is 46.1 Å². The lowest BCUT2D eigenvalue weighted by atomic mass is 10.00. The smallest absolute Gasteiger partial charge is 0.126 e. The van der Waals surface area contributed by atoms with Crippen LogP contribution in [0.3, 0.4) is 0 Å². The Hall–Kier alpha value is -2.53. The number of rotatable bonds is 4. The van der Waals surface area contributed by atoms with Crippen molar-refractivity contribution in [3.63, 3.8) is 0 Å². The van der Waals surface area contributed by atoms with Crippen molar-refractivity contribution in [1.29, 1.82) is 0 Å². The summed E-state index contributed by atoms with van der Waals surface area (Å²) in [4.78, 5) is 4.60. The molecule has 0 unspecified atom stereocenters. The fraction of sp³-hybridized carbons (Fsp3) is 0.350. The van der Waals surface area contributed by atoms with Gasteiger partial charge in [0.1, 0.15) is 11.5 Å². The molecule has 0 spiro atoms. The summed E-state index contributed by atoms with van der Waals surface area (Å²) >= 11 is 0. The number of imidazole rings is 1. The first-order chi connectivity index (χ1) is 12.2. The maximum atomic E-state index is 5.89. The van der Waals surface area contributed by atoms with E-state index in [0.717, 1.165) is 47.7 Å². The van der Waals surface area contributed by atoms with Gasteiger partial charge < -0.3 is 19.4 Å². The van der Waals surface area contributed by atoms with E-state index >= 15 is 0 Å². The van der Waals surface area contributed by atoms with Gasteiger partial charge in [0.05, 0.1) is 31.1 Å². The lowest BCUT2D eigenvalue weighted by Crippen LogP contribution is -2.24. The highest BCUT2D eigenvalue weighted by molar-refractivity contribution is 5.79. The zero-order valence-corrected chi connectivity index (χ0v) is 14.9. The maximum absolute atomic E-state index is 5.89. The first-order valence-corrected chi connectivity index (χ1v) is 8.62. The summed E-state index contributed by atoms with van der Waals surface area (Å²) in [6.07, 6.45) is 2.89. The van der Waals surface area contributed by atoms with Gasteiger partial charge in [-0.3, -0.25) is 0 Å². The molecule has 130 valence electrons. The molecule has 0 saturated carbocycles. The van der Waals surface area contributed by atoms with Crippen LogP contribution in [-0.4, -0.2) is 30.3 Å². The number of nitrogens with zero attached hydrogens (tertiary/aromatic N) is 2. The average molecular weight is 337 g/mol. The molecule has 0 amide bonds. The predicted molar refractivity (Wildman–Crippen MR) is 98.5 cm³/mol. The highest BCUT2D eigenvalue weighted by Gasteiger charge is 2.22. The van der Waals surface area contributed by atoms with Crippen molar-refractivity contribution in [2.75, 3.05) is 20.8 Å². The van der Waals surface area contributed by atoms with E-state index in [-0.39, 0.29) is 0 Å². The van der Waals surface area contributed by atoms with Gasteiger partial charge in [-0.05, 0) is 37.2 Å². The monoisotopic (exact) mass is 337 g/mol. The van der Waals surface area contributed by atoms with Gasteiger partial charge in [0.2, 0.25) is 0 Å². The fourth-order valence-electron chi connectivity index (χ4n) is 3.60. The van der Waals surface area contributed by atoms with Crippen molar-refractivity contribution >= 4 is 11.0 Å². The van der Waals surface area contributed by atoms with Crippen LogP contribution in [0.15, 0.2) is 36.7 Å². The number of benzene rings is 2. The van der Waals surface area contributed by atoms with Crippen LogP contribution in [-0.2, 0) is 6.54 Å². The number of hydrogen-bond acceptors (Lipinski definition) is 4. The van der Waals surface area contributed by atoms with Crippen molar-refractivity contribution in [2.45, 2.75) is 25.9 Å². The second-order valence-electron chi connectivity index (χ2n) is 6.53. The Labute approximate surface area is 147 Å². The normalized spacial score (nSPS) is 16.5. The van der Waals surface area contributed by atoms with Gasteiger partial charge in [-0.1, -0.05) is 12.1 Å². The third-order valence-electron chi connectivity index (χ3n) is 4.95. The molecule has 0 aliphatic carbocycles. The molecule has 0 saturated heterocycles. The summed E-state index contributed by atoms with van der Waals surface area (Å²) in [6, 6.07) is 10.9. The van der Waals surface area contributed by atoms with Crippen molar-refractivity contribution < 1.29 is 9.47 Å². The van der Waals surface area contributed by atoms with Gasteiger partial charge >= 0.3 is 0 Å². The Kier molecular flexibility index (Phi) is 4.09.